The first-order chi connectivity index (χ1) is 8.07. The average molecular weight is 270 g/mol. The first kappa shape index (κ1) is 12.6. The Hall–Kier alpha value is -0.900. The van der Waals surface area contributed by atoms with Crippen LogP contribution < -0.4 is 0 Å². The van der Waals surface area contributed by atoms with Gasteiger partial charge in [0.25, 0.3) is 10.0 Å². The summed E-state index contributed by atoms with van der Waals surface area (Å²) in [4.78, 5) is 0.436. The van der Waals surface area contributed by atoms with E-state index < -0.39 is 10.0 Å². The van der Waals surface area contributed by atoms with Crippen molar-refractivity contribution in [2.75, 3.05) is 13.1 Å². The summed E-state index contributed by atoms with van der Waals surface area (Å²) in [5.41, 5.74) is 0. The van der Waals surface area contributed by atoms with E-state index >= 15 is 0 Å². The van der Waals surface area contributed by atoms with Crippen molar-refractivity contribution in [1.29, 1.82) is 5.26 Å². The summed E-state index contributed by atoms with van der Waals surface area (Å²) in [6.07, 6.45) is 2.25. The molecule has 1 fully saturated rings. The van der Waals surface area contributed by atoms with Crippen molar-refractivity contribution in [2.24, 2.45) is 5.92 Å². The zero-order valence-electron chi connectivity index (χ0n) is 9.59. The molecule has 92 valence electrons. The van der Waals surface area contributed by atoms with Crippen LogP contribution in [0, 0.1) is 17.2 Å². The first-order valence-electron chi connectivity index (χ1n) is 5.58. The molecule has 17 heavy (non-hydrogen) atoms. The molecule has 0 bridgehead atoms. The van der Waals surface area contributed by atoms with Crippen molar-refractivity contribution in [3.8, 4) is 6.07 Å². The molecular weight excluding hydrogens is 256 g/mol. The molecule has 6 heteroatoms. The van der Waals surface area contributed by atoms with Crippen molar-refractivity contribution in [2.45, 2.75) is 24.0 Å². The van der Waals surface area contributed by atoms with Crippen LogP contribution in [0.25, 0.3) is 0 Å². The highest BCUT2D eigenvalue weighted by molar-refractivity contribution is 7.91. The van der Waals surface area contributed by atoms with Crippen molar-refractivity contribution < 1.29 is 8.42 Å². The van der Waals surface area contributed by atoms with Gasteiger partial charge in [0.1, 0.15) is 15.2 Å². The van der Waals surface area contributed by atoms with E-state index in [4.69, 9.17) is 5.26 Å². The smallest absolute Gasteiger partial charge is 0.206 e. The van der Waals surface area contributed by atoms with Crippen LogP contribution in [0.1, 0.15) is 24.6 Å². The summed E-state index contributed by atoms with van der Waals surface area (Å²) in [6.45, 7) is 2.94. The maximum atomic E-state index is 12.3. The molecule has 1 aliphatic rings. The third-order valence-corrected chi connectivity index (χ3v) is 6.20. The van der Waals surface area contributed by atoms with Crippen LogP contribution in [0.5, 0.6) is 0 Å². The predicted octanol–water partition coefficient (Wildman–Crippen LogP) is 2.04. The highest BCUT2D eigenvalue weighted by Gasteiger charge is 2.31. The van der Waals surface area contributed by atoms with E-state index in [2.05, 4.69) is 0 Å². The summed E-state index contributed by atoms with van der Waals surface area (Å²) in [7, 11) is -3.39. The largest absolute Gasteiger partial charge is 0.252 e. The molecule has 1 aliphatic carbocycles. The second-order valence-corrected chi connectivity index (χ2v) is 7.38. The van der Waals surface area contributed by atoms with Gasteiger partial charge in [-0.2, -0.15) is 9.57 Å². The van der Waals surface area contributed by atoms with Crippen LogP contribution in [0.2, 0.25) is 0 Å². The van der Waals surface area contributed by atoms with Gasteiger partial charge < -0.3 is 0 Å². The predicted molar refractivity (Wildman–Crippen MR) is 66.2 cm³/mol. The SMILES string of the molecule is CCN(CC1CC1)S(=O)(=O)c1ccc(C#N)s1. The van der Waals surface area contributed by atoms with Gasteiger partial charge in [-0.15, -0.1) is 11.3 Å². The van der Waals surface area contributed by atoms with E-state index in [1.54, 1.807) is 6.07 Å². The normalized spacial score (nSPS) is 16.1. The van der Waals surface area contributed by atoms with Gasteiger partial charge in [0.05, 0.1) is 0 Å². The molecule has 0 unspecified atom stereocenters. The molecule has 0 spiro atoms. The Morgan fingerprint density at radius 2 is 2.24 bits per heavy atom. The molecule has 1 heterocycles. The fourth-order valence-electron chi connectivity index (χ4n) is 1.63. The van der Waals surface area contributed by atoms with Crippen LogP contribution in [0.3, 0.4) is 0 Å². The number of thiophene rings is 1. The second kappa shape index (κ2) is 4.77. The van der Waals surface area contributed by atoms with Crippen LogP contribution in [-0.2, 0) is 10.0 Å². The average Bonchev–Trinajstić information content (AvgIpc) is 2.99. The van der Waals surface area contributed by atoms with Gasteiger partial charge in [0, 0.05) is 13.1 Å². The van der Waals surface area contributed by atoms with E-state index in [0.29, 0.717) is 23.9 Å². The standard InChI is InChI=1S/C11H14N2O2S2/c1-2-13(8-9-3-4-9)17(14,15)11-6-5-10(7-12)16-11/h5-6,9H,2-4,8H2,1H3. The number of hydrogen-bond donors (Lipinski definition) is 0. The fourth-order valence-corrected chi connectivity index (χ4v) is 4.41. The van der Waals surface area contributed by atoms with E-state index in [1.807, 2.05) is 13.0 Å². The quantitative estimate of drug-likeness (QED) is 0.822. The molecule has 0 radical (unpaired) electrons. The van der Waals surface area contributed by atoms with Gasteiger partial charge in [0.15, 0.2) is 0 Å². The lowest BCUT2D eigenvalue weighted by Crippen LogP contribution is -2.32. The van der Waals surface area contributed by atoms with Gasteiger partial charge in [-0.1, -0.05) is 6.92 Å². The summed E-state index contributed by atoms with van der Waals surface area (Å²) in [5.74, 6) is 0.528. The Labute approximate surface area is 106 Å². The van der Waals surface area contributed by atoms with Gasteiger partial charge >= 0.3 is 0 Å². The minimum absolute atomic E-state index is 0.275. The maximum Gasteiger partial charge on any atom is 0.252 e. The molecule has 0 amide bonds. The van der Waals surface area contributed by atoms with Crippen LogP contribution in [-0.4, -0.2) is 25.8 Å². The Morgan fingerprint density at radius 3 is 2.71 bits per heavy atom. The van der Waals surface area contributed by atoms with Crippen LogP contribution >= 0.6 is 11.3 Å². The fraction of sp³-hybridized carbons (Fsp3) is 0.545. The summed E-state index contributed by atoms with van der Waals surface area (Å²) in [5, 5.41) is 8.72. The van der Waals surface area contributed by atoms with E-state index in [1.165, 1.54) is 10.4 Å². The molecule has 0 N–H and O–H groups in total. The zero-order chi connectivity index (χ0) is 12.5. The Kier molecular flexibility index (Phi) is 3.52. The minimum Gasteiger partial charge on any atom is -0.206 e. The molecule has 0 atom stereocenters. The second-order valence-electron chi connectivity index (χ2n) is 4.13. The molecule has 1 saturated carbocycles. The number of rotatable bonds is 5. The molecule has 0 aromatic carbocycles. The minimum atomic E-state index is -3.39. The molecule has 0 aliphatic heterocycles. The van der Waals surface area contributed by atoms with Crippen LogP contribution in [0.4, 0.5) is 0 Å². The third-order valence-electron chi connectivity index (χ3n) is 2.80. The van der Waals surface area contributed by atoms with E-state index in [9.17, 15) is 8.42 Å². The Bertz CT molecular complexity index is 538. The number of nitrogens with zero attached hydrogens (tertiary/aromatic N) is 2. The highest BCUT2D eigenvalue weighted by Crippen LogP contribution is 2.32. The Morgan fingerprint density at radius 1 is 1.53 bits per heavy atom. The van der Waals surface area contributed by atoms with Crippen LogP contribution in [0.15, 0.2) is 16.3 Å². The van der Waals surface area contributed by atoms with Gasteiger partial charge in [-0.3, -0.25) is 0 Å². The van der Waals surface area contributed by atoms with Gasteiger partial charge in [-0.05, 0) is 30.9 Å². The Balaban J connectivity index is 2.23. The van der Waals surface area contributed by atoms with Crippen molar-refractivity contribution >= 4 is 21.4 Å². The molecule has 4 nitrogen and oxygen atoms in total. The molecule has 1 aromatic rings. The molecule has 0 saturated heterocycles. The van der Waals surface area contributed by atoms with E-state index in [0.717, 1.165) is 24.2 Å². The van der Waals surface area contributed by atoms with Gasteiger partial charge in [-0.25, -0.2) is 8.42 Å². The number of nitriles is 1. The first-order valence-corrected chi connectivity index (χ1v) is 7.83. The lowest BCUT2D eigenvalue weighted by molar-refractivity contribution is 0.413. The monoisotopic (exact) mass is 270 g/mol. The lowest BCUT2D eigenvalue weighted by Gasteiger charge is -2.18. The summed E-state index contributed by atoms with van der Waals surface area (Å²) in [6, 6.07) is 5.05. The van der Waals surface area contributed by atoms with Crippen molar-refractivity contribution in [3.05, 3.63) is 17.0 Å². The molecule has 1 aromatic heterocycles. The van der Waals surface area contributed by atoms with Crippen molar-refractivity contribution in [3.63, 3.8) is 0 Å². The van der Waals surface area contributed by atoms with E-state index in [-0.39, 0.29) is 4.21 Å². The lowest BCUT2D eigenvalue weighted by atomic mass is 10.4. The van der Waals surface area contributed by atoms with Crippen molar-refractivity contribution in [1.82, 2.24) is 4.31 Å². The maximum absolute atomic E-state index is 12.3. The van der Waals surface area contributed by atoms with Gasteiger partial charge in [0.2, 0.25) is 0 Å². The molecule has 2 rings (SSSR count). The zero-order valence-corrected chi connectivity index (χ0v) is 11.2. The number of sulfonamides is 1. The summed E-state index contributed by atoms with van der Waals surface area (Å²) >= 11 is 1.04. The number of hydrogen-bond acceptors (Lipinski definition) is 4. The summed E-state index contributed by atoms with van der Waals surface area (Å²) < 4.78 is 26.4. The topological polar surface area (TPSA) is 61.2 Å². The molecular formula is C11H14N2O2S2. The third kappa shape index (κ3) is 2.68. The highest BCUT2D eigenvalue weighted by atomic mass is 32.2.